The molecule has 0 aromatic heterocycles. The number of hydrogen-bond acceptors (Lipinski definition) is 5. The highest BCUT2D eigenvalue weighted by molar-refractivity contribution is 6.32. The molecule has 0 aliphatic carbocycles. The van der Waals surface area contributed by atoms with Gasteiger partial charge in [0.1, 0.15) is 17.3 Å². The van der Waals surface area contributed by atoms with Crippen LogP contribution >= 0.6 is 11.6 Å². The van der Waals surface area contributed by atoms with E-state index in [9.17, 15) is 14.0 Å². The molecule has 6 nitrogen and oxygen atoms in total. The minimum Gasteiger partial charge on any atom is -0.452 e. The van der Waals surface area contributed by atoms with Gasteiger partial charge in [0, 0.05) is 24.7 Å². The molecular weight excluding hydrogens is 389 g/mol. The molecule has 2 aromatic carbocycles. The van der Waals surface area contributed by atoms with Gasteiger partial charge in [0.25, 0.3) is 0 Å². The number of carbonyl (C=O) groups is 2. The number of amides is 1. The maximum atomic E-state index is 14.0. The Balaban J connectivity index is 1.54. The van der Waals surface area contributed by atoms with Crippen molar-refractivity contribution in [2.45, 2.75) is 0 Å². The van der Waals surface area contributed by atoms with Crippen molar-refractivity contribution in [3.8, 4) is 11.5 Å². The number of halogens is 2. The van der Waals surface area contributed by atoms with E-state index >= 15 is 0 Å². The van der Waals surface area contributed by atoms with Crippen molar-refractivity contribution in [1.82, 2.24) is 4.90 Å². The van der Waals surface area contributed by atoms with Crippen LogP contribution in [0.5, 0.6) is 11.5 Å². The molecule has 1 fully saturated rings. The lowest BCUT2D eigenvalue weighted by molar-refractivity contribution is 0.0416. The highest BCUT2D eigenvalue weighted by atomic mass is 35.5. The molecule has 0 atom stereocenters. The van der Waals surface area contributed by atoms with Gasteiger partial charge in [-0.05, 0) is 30.3 Å². The summed E-state index contributed by atoms with van der Waals surface area (Å²) in [5.74, 6) is -0.546. The predicted molar refractivity (Wildman–Crippen MR) is 99.2 cm³/mol. The molecule has 0 unspecified atom stereocenters. The van der Waals surface area contributed by atoms with Crippen LogP contribution in [0.25, 0.3) is 6.08 Å². The Bertz CT molecular complexity index is 964. The highest BCUT2D eigenvalue weighted by Gasteiger charge is 2.29. The van der Waals surface area contributed by atoms with E-state index in [0.29, 0.717) is 31.9 Å². The second-order valence-corrected chi connectivity index (χ2v) is 6.61. The minimum atomic E-state index is -0.563. The van der Waals surface area contributed by atoms with E-state index < -0.39 is 17.7 Å². The van der Waals surface area contributed by atoms with E-state index in [0.717, 1.165) is 0 Å². The summed E-state index contributed by atoms with van der Waals surface area (Å²) < 4.78 is 30.1. The fourth-order valence-corrected chi connectivity index (χ4v) is 3.14. The quantitative estimate of drug-likeness (QED) is 0.711. The number of nitrogens with zero attached hydrogens (tertiary/aromatic N) is 1. The SMILES string of the molecule is O=C1/C(=C\c2c(F)cccc2Cl)Oc2cc(OC(=O)N3CCOCC3)ccc21. The zero-order valence-electron chi connectivity index (χ0n) is 14.6. The molecule has 0 spiro atoms. The molecule has 2 aliphatic rings. The van der Waals surface area contributed by atoms with E-state index in [1.807, 2.05) is 0 Å². The van der Waals surface area contributed by atoms with E-state index in [4.69, 9.17) is 25.8 Å². The Morgan fingerprint density at radius 3 is 2.75 bits per heavy atom. The van der Waals surface area contributed by atoms with Crippen LogP contribution in [0.1, 0.15) is 15.9 Å². The van der Waals surface area contributed by atoms with Gasteiger partial charge in [-0.1, -0.05) is 17.7 Å². The molecule has 28 heavy (non-hydrogen) atoms. The summed E-state index contributed by atoms with van der Waals surface area (Å²) in [6.07, 6.45) is 0.765. The van der Waals surface area contributed by atoms with E-state index in [2.05, 4.69) is 0 Å². The number of benzene rings is 2. The monoisotopic (exact) mass is 403 g/mol. The van der Waals surface area contributed by atoms with Gasteiger partial charge < -0.3 is 19.1 Å². The summed E-state index contributed by atoms with van der Waals surface area (Å²) in [6, 6.07) is 8.71. The number of ether oxygens (including phenoxy) is 3. The molecule has 2 heterocycles. The van der Waals surface area contributed by atoms with Gasteiger partial charge in [0.05, 0.1) is 23.8 Å². The normalized spacial score (nSPS) is 17.4. The van der Waals surface area contributed by atoms with Crippen LogP contribution in [-0.4, -0.2) is 43.1 Å². The predicted octanol–water partition coefficient (Wildman–Crippen LogP) is 3.93. The second kappa shape index (κ2) is 7.61. The van der Waals surface area contributed by atoms with Crippen LogP contribution in [-0.2, 0) is 4.74 Å². The summed E-state index contributed by atoms with van der Waals surface area (Å²) in [5, 5.41) is 0.167. The Morgan fingerprint density at radius 1 is 1.21 bits per heavy atom. The molecule has 2 aromatic rings. The first-order chi connectivity index (χ1) is 13.5. The van der Waals surface area contributed by atoms with Crippen LogP contribution in [0.4, 0.5) is 9.18 Å². The number of morpholine rings is 1. The molecular formula is C20H15ClFNO5. The number of Topliss-reactive ketones (excluding diaryl/α,β-unsaturated/α-hetero) is 1. The van der Waals surface area contributed by atoms with Crippen molar-refractivity contribution in [1.29, 1.82) is 0 Å². The standard InChI is InChI=1S/C20H15ClFNO5/c21-15-2-1-3-16(22)14(15)11-18-19(24)13-5-4-12(10-17(13)28-18)27-20(25)23-6-8-26-9-7-23/h1-5,10-11H,6-9H2/b18-11+. The van der Waals surface area contributed by atoms with Crippen LogP contribution in [0, 0.1) is 5.82 Å². The molecule has 1 saturated heterocycles. The highest BCUT2D eigenvalue weighted by Crippen LogP contribution is 2.36. The van der Waals surface area contributed by atoms with Crippen LogP contribution in [0.15, 0.2) is 42.2 Å². The lowest BCUT2D eigenvalue weighted by Crippen LogP contribution is -2.42. The van der Waals surface area contributed by atoms with Crippen LogP contribution in [0.3, 0.4) is 0 Å². The third kappa shape index (κ3) is 3.58. The van der Waals surface area contributed by atoms with Gasteiger partial charge in [0.2, 0.25) is 5.78 Å². The van der Waals surface area contributed by atoms with Gasteiger partial charge in [0.15, 0.2) is 5.76 Å². The first kappa shape index (κ1) is 18.5. The second-order valence-electron chi connectivity index (χ2n) is 6.20. The fraction of sp³-hybridized carbons (Fsp3) is 0.200. The van der Waals surface area contributed by atoms with Gasteiger partial charge >= 0.3 is 6.09 Å². The molecule has 0 N–H and O–H groups in total. The first-order valence-corrected chi connectivity index (χ1v) is 8.97. The molecule has 1 amide bonds. The van der Waals surface area contributed by atoms with Crippen molar-refractivity contribution in [2.75, 3.05) is 26.3 Å². The van der Waals surface area contributed by atoms with E-state index in [1.54, 1.807) is 0 Å². The van der Waals surface area contributed by atoms with Gasteiger partial charge in [-0.25, -0.2) is 9.18 Å². The molecule has 4 rings (SSSR count). The topological polar surface area (TPSA) is 65.1 Å². The van der Waals surface area contributed by atoms with Gasteiger partial charge in [-0.15, -0.1) is 0 Å². The Hall–Kier alpha value is -2.90. The van der Waals surface area contributed by atoms with Gasteiger partial charge in [-0.2, -0.15) is 0 Å². The van der Waals surface area contributed by atoms with Crippen molar-refractivity contribution >= 4 is 29.6 Å². The number of fused-ring (bicyclic) bond motifs is 1. The van der Waals surface area contributed by atoms with Crippen molar-refractivity contribution in [3.05, 3.63) is 64.1 Å². The number of rotatable bonds is 2. The molecule has 0 bridgehead atoms. The average molecular weight is 404 g/mol. The Kier molecular flexibility index (Phi) is 5.02. The summed E-state index contributed by atoms with van der Waals surface area (Å²) in [6.45, 7) is 1.83. The summed E-state index contributed by atoms with van der Waals surface area (Å²) in [4.78, 5) is 26.2. The molecule has 2 aliphatic heterocycles. The zero-order chi connectivity index (χ0) is 19.7. The third-order valence-electron chi connectivity index (χ3n) is 4.39. The van der Waals surface area contributed by atoms with Gasteiger partial charge in [-0.3, -0.25) is 4.79 Å². The number of allylic oxidation sites excluding steroid dienone is 1. The molecule has 0 radical (unpaired) electrons. The van der Waals surface area contributed by atoms with Crippen molar-refractivity contribution in [3.63, 3.8) is 0 Å². The number of hydrogen-bond donors (Lipinski definition) is 0. The molecule has 0 saturated carbocycles. The van der Waals surface area contributed by atoms with Crippen LogP contribution in [0.2, 0.25) is 5.02 Å². The summed E-state index contributed by atoms with van der Waals surface area (Å²) >= 11 is 6.00. The van der Waals surface area contributed by atoms with Crippen molar-refractivity contribution < 1.29 is 28.2 Å². The number of ketones is 1. The van der Waals surface area contributed by atoms with Crippen LogP contribution < -0.4 is 9.47 Å². The van der Waals surface area contributed by atoms with E-state index in [1.165, 1.54) is 47.4 Å². The Morgan fingerprint density at radius 2 is 2.00 bits per heavy atom. The smallest absolute Gasteiger partial charge is 0.415 e. The minimum absolute atomic E-state index is 0.0568. The lowest BCUT2D eigenvalue weighted by Gasteiger charge is -2.25. The zero-order valence-corrected chi connectivity index (χ0v) is 15.4. The largest absolute Gasteiger partial charge is 0.452 e. The first-order valence-electron chi connectivity index (χ1n) is 8.60. The maximum absolute atomic E-state index is 14.0. The lowest BCUT2D eigenvalue weighted by atomic mass is 10.1. The summed E-state index contributed by atoms with van der Waals surface area (Å²) in [5.41, 5.74) is 0.365. The third-order valence-corrected chi connectivity index (χ3v) is 4.72. The fourth-order valence-electron chi connectivity index (χ4n) is 2.92. The summed E-state index contributed by atoms with van der Waals surface area (Å²) in [7, 11) is 0. The molecule has 8 heteroatoms. The van der Waals surface area contributed by atoms with E-state index in [-0.39, 0.29) is 27.8 Å². The van der Waals surface area contributed by atoms with Crippen molar-refractivity contribution in [2.24, 2.45) is 0 Å². The molecule has 144 valence electrons. The average Bonchev–Trinajstić information content (AvgIpc) is 3.00. The Labute approximate surface area is 165 Å². The number of carbonyl (C=O) groups excluding carboxylic acids is 2. The maximum Gasteiger partial charge on any atom is 0.415 e.